The number of methoxy groups -OCH3 is 1. The summed E-state index contributed by atoms with van der Waals surface area (Å²) in [4.78, 5) is 1.41. The normalized spacial score (nSPS) is 13.0. The van der Waals surface area contributed by atoms with E-state index in [1.807, 2.05) is 11.3 Å². The van der Waals surface area contributed by atoms with Crippen LogP contribution >= 0.6 is 11.3 Å². The summed E-state index contributed by atoms with van der Waals surface area (Å²) < 4.78 is 5.00. The van der Waals surface area contributed by atoms with Crippen molar-refractivity contribution in [1.82, 2.24) is 5.32 Å². The van der Waals surface area contributed by atoms with Gasteiger partial charge in [0.25, 0.3) is 0 Å². The zero-order chi connectivity index (χ0) is 10.2. The van der Waals surface area contributed by atoms with E-state index in [9.17, 15) is 0 Å². The molecule has 2 nitrogen and oxygen atoms in total. The molecule has 1 heterocycles. The van der Waals surface area contributed by atoms with Gasteiger partial charge in [0, 0.05) is 24.6 Å². The van der Waals surface area contributed by atoms with Crippen LogP contribution in [0.1, 0.15) is 30.7 Å². The summed E-state index contributed by atoms with van der Waals surface area (Å²) >= 11 is 1.81. The first-order chi connectivity index (χ1) is 6.84. The van der Waals surface area contributed by atoms with Gasteiger partial charge in [0.15, 0.2) is 0 Å². The van der Waals surface area contributed by atoms with Gasteiger partial charge < -0.3 is 10.1 Å². The molecule has 14 heavy (non-hydrogen) atoms. The Morgan fingerprint density at radius 1 is 1.50 bits per heavy atom. The second kappa shape index (κ2) is 6.98. The molecule has 0 fully saturated rings. The monoisotopic (exact) mass is 213 g/mol. The maximum Gasteiger partial charge on any atom is 0.0462 e. The Kier molecular flexibility index (Phi) is 5.83. The first kappa shape index (κ1) is 11.7. The van der Waals surface area contributed by atoms with E-state index in [1.54, 1.807) is 7.11 Å². The van der Waals surface area contributed by atoms with Crippen LogP contribution < -0.4 is 5.32 Å². The average molecular weight is 213 g/mol. The van der Waals surface area contributed by atoms with Crippen LogP contribution in [0.25, 0.3) is 0 Å². The zero-order valence-corrected chi connectivity index (χ0v) is 9.77. The molecule has 1 rings (SSSR count). The molecule has 3 heteroatoms. The van der Waals surface area contributed by atoms with E-state index in [2.05, 4.69) is 29.8 Å². The third kappa shape index (κ3) is 4.22. The Morgan fingerprint density at radius 2 is 2.36 bits per heavy atom. The average Bonchev–Trinajstić information content (AvgIpc) is 2.70. The molecule has 1 aromatic heterocycles. The summed E-state index contributed by atoms with van der Waals surface area (Å²) in [6.07, 6.45) is 2.32. The van der Waals surface area contributed by atoms with Crippen LogP contribution in [0.5, 0.6) is 0 Å². The SMILES string of the molecule is COCCCCNC(C)c1cccs1. The molecule has 0 amide bonds. The smallest absolute Gasteiger partial charge is 0.0462 e. The number of rotatable bonds is 7. The highest BCUT2D eigenvalue weighted by Crippen LogP contribution is 2.17. The topological polar surface area (TPSA) is 21.3 Å². The molecule has 1 unspecified atom stereocenters. The quantitative estimate of drug-likeness (QED) is 0.703. The van der Waals surface area contributed by atoms with E-state index < -0.39 is 0 Å². The van der Waals surface area contributed by atoms with Gasteiger partial charge in [0.2, 0.25) is 0 Å². The Morgan fingerprint density at radius 3 is 3.00 bits per heavy atom. The van der Waals surface area contributed by atoms with Gasteiger partial charge in [-0.15, -0.1) is 11.3 Å². The number of ether oxygens (including phenoxy) is 1. The van der Waals surface area contributed by atoms with Crippen LogP contribution in [0.15, 0.2) is 17.5 Å². The van der Waals surface area contributed by atoms with E-state index in [0.717, 1.165) is 19.6 Å². The van der Waals surface area contributed by atoms with Crippen molar-refractivity contribution in [2.24, 2.45) is 0 Å². The molecule has 1 aromatic rings. The molecule has 0 saturated heterocycles. The molecule has 80 valence electrons. The Labute approximate surface area is 90.3 Å². The van der Waals surface area contributed by atoms with Gasteiger partial charge in [-0.1, -0.05) is 6.07 Å². The maximum absolute atomic E-state index is 5.00. The Bertz CT molecular complexity index is 223. The molecule has 0 aromatic carbocycles. The van der Waals surface area contributed by atoms with Gasteiger partial charge in [-0.3, -0.25) is 0 Å². The fourth-order valence-electron chi connectivity index (χ4n) is 1.33. The lowest BCUT2D eigenvalue weighted by molar-refractivity contribution is 0.192. The first-order valence-corrected chi connectivity index (χ1v) is 5.98. The third-order valence-corrected chi connectivity index (χ3v) is 3.25. The predicted molar refractivity (Wildman–Crippen MR) is 61.8 cm³/mol. The fourth-order valence-corrected chi connectivity index (χ4v) is 2.09. The van der Waals surface area contributed by atoms with Crippen molar-refractivity contribution < 1.29 is 4.74 Å². The molecule has 0 aliphatic rings. The summed E-state index contributed by atoms with van der Waals surface area (Å²) in [6.45, 7) is 4.15. The summed E-state index contributed by atoms with van der Waals surface area (Å²) in [7, 11) is 1.75. The number of hydrogen-bond acceptors (Lipinski definition) is 3. The van der Waals surface area contributed by atoms with E-state index >= 15 is 0 Å². The number of thiophene rings is 1. The van der Waals surface area contributed by atoms with E-state index in [4.69, 9.17) is 4.74 Å². The maximum atomic E-state index is 5.00. The van der Waals surface area contributed by atoms with Crippen LogP contribution in [0.3, 0.4) is 0 Å². The molecule has 0 saturated carbocycles. The predicted octanol–water partition coefficient (Wildman–Crippen LogP) is 2.83. The molecule has 0 aliphatic carbocycles. The highest BCUT2D eigenvalue weighted by atomic mass is 32.1. The van der Waals surface area contributed by atoms with Gasteiger partial charge in [0.1, 0.15) is 0 Å². The number of unbranched alkanes of at least 4 members (excludes halogenated alkanes) is 1. The fraction of sp³-hybridized carbons (Fsp3) is 0.636. The minimum atomic E-state index is 0.484. The number of nitrogens with one attached hydrogen (secondary N) is 1. The van der Waals surface area contributed by atoms with E-state index in [1.165, 1.54) is 11.3 Å². The van der Waals surface area contributed by atoms with Crippen LogP contribution in [0.2, 0.25) is 0 Å². The van der Waals surface area contributed by atoms with Crippen molar-refractivity contribution in [2.75, 3.05) is 20.3 Å². The minimum Gasteiger partial charge on any atom is -0.385 e. The highest BCUT2D eigenvalue weighted by Gasteiger charge is 2.03. The molecule has 0 radical (unpaired) electrons. The van der Waals surface area contributed by atoms with Crippen molar-refractivity contribution in [2.45, 2.75) is 25.8 Å². The Balaban J connectivity index is 2.07. The largest absolute Gasteiger partial charge is 0.385 e. The summed E-state index contributed by atoms with van der Waals surface area (Å²) in [5.41, 5.74) is 0. The van der Waals surface area contributed by atoms with Crippen molar-refractivity contribution in [3.63, 3.8) is 0 Å². The van der Waals surface area contributed by atoms with Crippen LogP contribution in [-0.2, 0) is 4.74 Å². The molecule has 0 spiro atoms. The summed E-state index contributed by atoms with van der Waals surface area (Å²) in [6, 6.07) is 4.76. The van der Waals surface area contributed by atoms with Crippen LogP contribution in [0.4, 0.5) is 0 Å². The van der Waals surface area contributed by atoms with Gasteiger partial charge in [-0.25, -0.2) is 0 Å². The van der Waals surface area contributed by atoms with Gasteiger partial charge in [0.05, 0.1) is 0 Å². The molecule has 0 aliphatic heterocycles. The standard InChI is InChI=1S/C11H19NOS/c1-10(11-6-5-9-14-11)12-7-3-4-8-13-2/h5-6,9-10,12H,3-4,7-8H2,1-2H3. The number of hydrogen-bond donors (Lipinski definition) is 1. The molecule has 1 N–H and O–H groups in total. The van der Waals surface area contributed by atoms with Crippen molar-refractivity contribution in [1.29, 1.82) is 0 Å². The second-order valence-electron chi connectivity index (χ2n) is 3.39. The lowest BCUT2D eigenvalue weighted by atomic mass is 10.2. The molecular weight excluding hydrogens is 194 g/mol. The Hall–Kier alpha value is -0.380. The lowest BCUT2D eigenvalue weighted by Gasteiger charge is -2.11. The highest BCUT2D eigenvalue weighted by molar-refractivity contribution is 7.10. The molecular formula is C11H19NOS. The summed E-state index contributed by atoms with van der Waals surface area (Å²) in [5.74, 6) is 0. The minimum absolute atomic E-state index is 0.484. The third-order valence-electron chi connectivity index (χ3n) is 2.20. The van der Waals surface area contributed by atoms with E-state index in [0.29, 0.717) is 6.04 Å². The van der Waals surface area contributed by atoms with Crippen molar-refractivity contribution >= 4 is 11.3 Å². The van der Waals surface area contributed by atoms with Crippen LogP contribution in [0, 0.1) is 0 Å². The first-order valence-electron chi connectivity index (χ1n) is 5.10. The van der Waals surface area contributed by atoms with Crippen LogP contribution in [-0.4, -0.2) is 20.3 Å². The lowest BCUT2D eigenvalue weighted by Crippen LogP contribution is -2.19. The molecule has 0 bridgehead atoms. The second-order valence-corrected chi connectivity index (χ2v) is 4.37. The van der Waals surface area contributed by atoms with Gasteiger partial charge >= 0.3 is 0 Å². The van der Waals surface area contributed by atoms with Gasteiger partial charge in [-0.2, -0.15) is 0 Å². The van der Waals surface area contributed by atoms with Crippen molar-refractivity contribution in [3.8, 4) is 0 Å². The van der Waals surface area contributed by atoms with E-state index in [-0.39, 0.29) is 0 Å². The van der Waals surface area contributed by atoms with Gasteiger partial charge in [-0.05, 0) is 37.8 Å². The van der Waals surface area contributed by atoms with Crippen molar-refractivity contribution in [3.05, 3.63) is 22.4 Å². The summed E-state index contributed by atoms with van der Waals surface area (Å²) in [5, 5.41) is 5.62. The molecule has 1 atom stereocenters. The zero-order valence-electron chi connectivity index (χ0n) is 8.95.